The zero-order chi connectivity index (χ0) is 12.8. The van der Waals surface area contributed by atoms with Crippen LogP contribution in [-0.2, 0) is 4.08 Å². The minimum Gasteiger partial charge on any atom is -0.362 e. The topological polar surface area (TPSA) is 32.9 Å². The highest BCUT2D eigenvalue weighted by Crippen LogP contribution is 2.60. The van der Waals surface area contributed by atoms with E-state index in [1.165, 1.54) is 9.79 Å². The van der Waals surface area contributed by atoms with Crippen molar-refractivity contribution in [1.29, 1.82) is 0 Å². The SMILES string of the molecule is CC(=O)c1c[nH]c(C2(C)Sc3ccccc3S2)c1. The fourth-order valence-electron chi connectivity index (χ4n) is 2.03. The average Bonchev–Trinajstić information content (AvgIpc) is 2.92. The molecular weight excluding hydrogens is 262 g/mol. The number of aromatic amines is 1. The van der Waals surface area contributed by atoms with Crippen molar-refractivity contribution in [2.75, 3.05) is 0 Å². The molecule has 3 rings (SSSR count). The Bertz CT molecular complexity index is 593. The van der Waals surface area contributed by atoms with Gasteiger partial charge in [-0.25, -0.2) is 0 Å². The Morgan fingerprint density at radius 2 is 1.83 bits per heavy atom. The minimum absolute atomic E-state index is 0.0720. The van der Waals surface area contributed by atoms with Crippen molar-refractivity contribution in [2.45, 2.75) is 27.7 Å². The summed E-state index contributed by atoms with van der Waals surface area (Å²) in [6.45, 7) is 3.79. The third kappa shape index (κ3) is 1.89. The second kappa shape index (κ2) is 4.21. The van der Waals surface area contributed by atoms with E-state index in [4.69, 9.17) is 0 Å². The van der Waals surface area contributed by atoms with Gasteiger partial charge >= 0.3 is 0 Å². The van der Waals surface area contributed by atoms with Crippen molar-refractivity contribution in [3.05, 3.63) is 47.8 Å². The fraction of sp³-hybridized carbons (Fsp3) is 0.214. The van der Waals surface area contributed by atoms with E-state index in [0.717, 1.165) is 11.3 Å². The third-order valence-corrected chi connectivity index (χ3v) is 6.04. The molecule has 92 valence electrons. The average molecular weight is 275 g/mol. The lowest BCUT2D eigenvalue weighted by Gasteiger charge is -2.19. The summed E-state index contributed by atoms with van der Waals surface area (Å²) in [6, 6.07) is 10.4. The van der Waals surface area contributed by atoms with Crippen molar-refractivity contribution in [2.24, 2.45) is 0 Å². The van der Waals surface area contributed by atoms with Crippen molar-refractivity contribution in [3.8, 4) is 0 Å². The molecule has 0 radical (unpaired) electrons. The number of carbonyl (C=O) groups is 1. The van der Waals surface area contributed by atoms with Gasteiger partial charge in [0.2, 0.25) is 0 Å². The molecule has 1 aromatic heterocycles. The van der Waals surface area contributed by atoms with E-state index in [-0.39, 0.29) is 9.86 Å². The van der Waals surface area contributed by atoms with Gasteiger partial charge in [0.05, 0.1) is 0 Å². The normalized spacial score (nSPS) is 16.6. The lowest BCUT2D eigenvalue weighted by molar-refractivity contribution is 0.101. The van der Waals surface area contributed by atoms with Crippen LogP contribution in [0.1, 0.15) is 29.9 Å². The first kappa shape index (κ1) is 11.9. The molecule has 0 spiro atoms. The summed E-state index contributed by atoms with van der Waals surface area (Å²) in [6.07, 6.45) is 1.80. The molecule has 1 aliphatic heterocycles. The quantitative estimate of drug-likeness (QED) is 0.830. The Balaban J connectivity index is 1.96. The number of ketones is 1. The lowest BCUT2D eigenvalue weighted by Crippen LogP contribution is -2.08. The molecular formula is C14H13NOS2. The van der Waals surface area contributed by atoms with Gasteiger partial charge in [0.25, 0.3) is 0 Å². The van der Waals surface area contributed by atoms with E-state index < -0.39 is 0 Å². The van der Waals surface area contributed by atoms with E-state index in [9.17, 15) is 4.79 Å². The van der Waals surface area contributed by atoms with Crippen molar-refractivity contribution in [3.63, 3.8) is 0 Å². The summed E-state index contributed by atoms with van der Waals surface area (Å²) in [4.78, 5) is 17.2. The van der Waals surface area contributed by atoms with E-state index in [1.807, 2.05) is 29.6 Å². The molecule has 0 fully saturated rings. The number of hydrogen-bond acceptors (Lipinski definition) is 3. The van der Waals surface area contributed by atoms with Crippen LogP contribution in [0.3, 0.4) is 0 Å². The number of hydrogen-bond donors (Lipinski definition) is 1. The molecule has 1 aliphatic rings. The summed E-state index contributed by atoms with van der Waals surface area (Å²) >= 11 is 3.67. The number of H-pyrrole nitrogens is 1. The summed E-state index contributed by atoms with van der Waals surface area (Å²) in [5.41, 5.74) is 1.85. The molecule has 0 atom stereocenters. The Morgan fingerprint density at radius 3 is 2.33 bits per heavy atom. The van der Waals surface area contributed by atoms with Crippen molar-refractivity contribution >= 4 is 29.3 Å². The lowest BCUT2D eigenvalue weighted by atomic mass is 10.2. The Kier molecular flexibility index (Phi) is 2.79. The predicted molar refractivity (Wildman–Crippen MR) is 76.3 cm³/mol. The highest BCUT2D eigenvalue weighted by molar-refractivity contribution is 8.20. The number of aromatic nitrogens is 1. The van der Waals surface area contributed by atoms with Gasteiger partial charge in [-0.3, -0.25) is 4.79 Å². The maximum atomic E-state index is 11.4. The van der Waals surface area contributed by atoms with Crippen LogP contribution in [-0.4, -0.2) is 10.8 Å². The molecule has 4 heteroatoms. The number of nitrogens with one attached hydrogen (secondary N) is 1. The third-order valence-electron chi connectivity index (χ3n) is 3.04. The smallest absolute Gasteiger partial charge is 0.161 e. The molecule has 0 aliphatic carbocycles. The number of carbonyl (C=O) groups excluding carboxylic acids is 1. The molecule has 2 aromatic rings. The zero-order valence-corrected chi connectivity index (χ0v) is 11.8. The Hall–Kier alpha value is -1.13. The van der Waals surface area contributed by atoms with Gasteiger partial charge < -0.3 is 4.98 Å². The monoisotopic (exact) mass is 275 g/mol. The highest BCUT2D eigenvalue weighted by Gasteiger charge is 2.37. The molecule has 2 nitrogen and oxygen atoms in total. The van der Waals surface area contributed by atoms with E-state index in [1.54, 1.807) is 13.1 Å². The molecule has 0 unspecified atom stereocenters. The maximum Gasteiger partial charge on any atom is 0.161 e. The fourth-order valence-corrected chi connectivity index (χ4v) is 4.91. The highest BCUT2D eigenvalue weighted by atomic mass is 32.2. The van der Waals surface area contributed by atoms with Gasteiger partial charge in [0.1, 0.15) is 4.08 Å². The Morgan fingerprint density at radius 1 is 1.22 bits per heavy atom. The van der Waals surface area contributed by atoms with Gasteiger partial charge in [0.15, 0.2) is 5.78 Å². The van der Waals surface area contributed by atoms with Crippen LogP contribution in [0.25, 0.3) is 0 Å². The molecule has 0 saturated heterocycles. The van der Waals surface area contributed by atoms with Gasteiger partial charge in [-0.15, -0.1) is 23.5 Å². The van der Waals surface area contributed by atoms with Crippen LogP contribution in [0.5, 0.6) is 0 Å². The summed E-state index contributed by atoms with van der Waals surface area (Å²) in [7, 11) is 0. The summed E-state index contributed by atoms with van der Waals surface area (Å²) in [5, 5.41) is 0. The second-order valence-electron chi connectivity index (χ2n) is 4.45. The molecule has 0 amide bonds. The van der Waals surface area contributed by atoms with Crippen LogP contribution in [0.2, 0.25) is 0 Å². The molecule has 0 saturated carbocycles. The number of Topliss-reactive ketones (excluding diaryl/α,β-unsaturated/α-hetero) is 1. The van der Waals surface area contributed by atoms with Crippen LogP contribution < -0.4 is 0 Å². The second-order valence-corrected chi connectivity index (χ2v) is 7.63. The predicted octanol–water partition coefficient (Wildman–Crippen LogP) is 4.29. The number of fused-ring (bicyclic) bond motifs is 1. The van der Waals surface area contributed by atoms with Gasteiger partial charge in [-0.1, -0.05) is 12.1 Å². The minimum atomic E-state index is -0.0720. The van der Waals surface area contributed by atoms with Crippen LogP contribution >= 0.6 is 23.5 Å². The van der Waals surface area contributed by atoms with Gasteiger partial charge in [-0.05, 0) is 32.0 Å². The first-order valence-electron chi connectivity index (χ1n) is 5.75. The molecule has 1 N–H and O–H groups in total. The van der Waals surface area contributed by atoms with Crippen LogP contribution in [0, 0.1) is 0 Å². The maximum absolute atomic E-state index is 11.4. The first-order valence-corrected chi connectivity index (χ1v) is 7.39. The number of thioether (sulfide) groups is 2. The van der Waals surface area contributed by atoms with Crippen LogP contribution in [0.4, 0.5) is 0 Å². The zero-order valence-electron chi connectivity index (χ0n) is 10.2. The van der Waals surface area contributed by atoms with E-state index >= 15 is 0 Å². The molecule has 18 heavy (non-hydrogen) atoms. The summed E-state index contributed by atoms with van der Waals surface area (Å²) < 4.78 is -0.0720. The van der Waals surface area contributed by atoms with E-state index in [0.29, 0.717) is 0 Å². The molecule has 1 aromatic carbocycles. The molecule has 0 bridgehead atoms. The Labute approximate surface area is 115 Å². The van der Waals surface area contributed by atoms with Gasteiger partial charge in [0, 0.05) is 27.2 Å². The number of rotatable bonds is 2. The number of benzene rings is 1. The largest absolute Gasteiger partial charge is 0.362 e. The standard InChI is InChI=1S/C14H13NOS2/c1-9(16)10-7-13(15-8-10)14(2)17-11-5-3-4-6-12(11)18-14/h3-8,15H,1-2H3. The summed E-state index contributed by atoms with van der Waals surface area (Å²) in [5.74, 6) is 0.103. The van der Waals surface area contributed by atoms with Crippen molar-refractivity contribution < 1.29 is 4.79 Å². The van der Waals surface area contributed by atoms with Crippen molar-refractivity contribution in [1.82, 2.24) is 4.98 Å². The van der Waals surface area contributed by atoms with Gasteiger partial charge in [-0.2, -0.15) is 0 Å². The molecule has 2 heterocycles. The first-order chi connectivity index (χ1) is 8.58. The van der Waals surface area contributed by atoms with E-state index in [2.05, 4.69) is 36.2 Å². The van der Waals surface area contributed by atoms with Crippen LogP contribution in [0.15, 0.2) is 46.3 Å².